The Morgan fingerprint density at radius 2 is 2.00 bits per heavy atom. The zero-order valence-corrected chi connectivity index (χ0v) is 12.9. The number of hydroxylamine groups is 2. The summed E-state index contributed by atoms with van der Waals surface area (Å²) in [6, 6.07) is 15.0. The molecule has 5 nitrogen and oxygen atoms in total. The van der Waals surface area contributed by atoms with Gasteiger partial charge in [-0.15, -0.1) is 0 Å². The first-order chi connectivity index (χ1) is 11.3. The Labute approximate surface area is 135 Å². The van der Waals surface area contributed by atoms with E-state index in [0.29, 0.717) is 18.8 Å². The summed E-state index contributed by atoms with van der Waals surface area (Å²) in [6.07, 6.45) is 4.10. The van der Waals surface area contributed by atoms with Crippen LogP contribution in [0.4, 0.5) is 0 Å². The van der Waals surface area contributed by atoms with Gasteiger partial charge in [0.05, 0.1) is 6.54 Å². The van der Waals surface area contributed by atoms with Crippen molar-refractivity contribution in [3.05, 3.63) is 66.0 Å². The molecular formula is C18H20N2O3. The number of hydrogen-bond donors (Lipinski definition) is 0. The number of rotatable bonds is 5. The highest BCUT2D eigenvalue weighted by Gasteiger charge is 2.24. The average Bonchev–Trinajstić information content (AvgIpc) is 2.63. The topological polar surface area (TPSA) is 51.7 Å². The van der Waals surface area contributed by atoms with Crippen molar-refractivity contribution in [1.82, 2.24) is 10.0 Å². The molecule has 2 aromatic rings. The molecule has 0 saturated carbocycles. The first kappa shape index (κ1) is 15.6. The molecule has 0 spiro atoms. The molecule has 5 heteroatoms. The summed E-state index contributed by atoms with van der Waals surface area (Å²) in [5.41, 5.74) is 1.35. The zero-order valence-electron chi connectivity index (χ0n) is 12.9. The second-order valence-corrected chi connectivity index (χ2v) is 5.44. The summed E-state index contributed by atoms with van der Waals surface area (Å²) in [5.74, 6) is -0.261. The lowest BCUT2D eigenvalue weighted by Crippen LogP contribution is -2.37. The molecule has 23 heavy (non-hydrogen) atoms. The fraction of sp³-hybridized carbons (Fsp3) is 0.333. The molecular weight excluding hydrogens is 292 g/mol. The molecule has 3 rings (SSSR count). The van der Waals surface area contributed by atoms with Crippen LogP contribution in [0.25, 0.3) is 0 Å². The molecule has 120 valence electrons. The Bertz CT molecular complexity index is 613. The number of benzene rings is 1. The highest BCUT2D eigenvalue weighted by molar-refractivity contribution is 5.91. The Hall–Kier alpha value is -2.24. The molecule has 0 radical (unpaired) electrons. The van der Waals surface area contributed by atoms with E-state index in [9.17, 15) is 4.79 Å². The van der Waals surface area contributed by atoms with Crippen molar-refractivity contribution in [2.24, 2.45) is 0 Å². The standard InChI is InChI=1S/C18H20N2O3/c21-18(16-10-4-6-12-19-16)20(14-15-8-2-1-3-9-15)23-17-11-5-7-13-22-17/h1-4,6,8-10,12,17H,5,7,11,13-14H2. The summed E-state index contributed by atoms with van der Waals surface area (Å²) in [7, 11) is 0. The van der Waals surface area contributed by atoms with Crippen LogP contribution in [0, 0.1) is 0 Å². The van der Waals surface area contributed by atoms with Crippen LogP contribution in [0.1, 0.15) is 35.3 Å². The van der Waals surface area contributed by atoms with E-state index in [1.807, 2.05) is 30.3 Å². The average molecular weight is 312 g/mol. The number of ether oxygens (including phenoxy) is 1. The van der Waals surface area contributed by atoms with Gasteiger partial charge in [0.1, 0.15) is 5.69 Å². The van der Waals surface area contributed by atoms with Gasteiger partial charge in [-0.25, -0.2) is 9.90 Å². The fourth-order valence-corrected chi connectivity index (χ4v) is 2.46. The van der Waals surface area contributed by atoms with Gasteiger partial charge in [0.15, 0.2) is 6.29 Å². The molecule has 1 aromatic carbocycles. The van der Waals surface area contributed by atoms with Crippen molar-refractivity contribution in [3.8, 4) is 0 Å². The van der Waals surface area contributed by atoms with Crippen molar-refractivity contribution >= 4 is 5.91 Å². The first-order valence-electron chi connectivity index (χ1n) is 7.88. The molecule has 1 unspecified atom stereocenters. The molecule has 1 aliphatic heterocycles. The Morgan fingerprint density at radius 1 is 1.17 bits per heavy atom. The van der Waals surface area contributed by atoms with Crippen molar-refractivity contribution < 1.29 is 14.4 Å². The normalized spacial score (nSPS) is 17.7. The van der Waals surface area contributed by atoms with E-state index in [4.69, 9.17) is 9.57 Å². The third-order valence-electron chi connectivity index (χ3n) is 3.66. The second-order valence-electron chi connectivity index (χ2n) is 5.44. The molecule has 0 aliphatic carbocycles. The van der Waals surface area contributed by atoms with Gasteiger partial charge in [-0.1, -0.05) is 36.4 Å². The number of carbonyl (C=O) groups excluding carboxylic acids is 1. The van der Waals surface area contributed by atoms with Crippen LogP contribution in [-0.4, -0.2) is 28.9 Å². The highest BCUT2D eigenvalue weighted by atomic mass is 16.8. The van der Waals surface area contributed by atoms with E-state index >= 15 is 0 Å². The number of amides is 1. The third-order valence-corrected chi connectivity index (χ3v) is 3.66. The number of hydrogen-bond acceptors (Lipinski definition) is 4. The Balaban J connectivity index is 1.76. The smallest absolute Gasteiger partial charge is 0.296 e. The number of carbonyl (C=O) groups is 1. The fourth-order valence-electron chi connectivity index (χ4n) is 2.46. The van der Waals surface area contributed by atoms with Crippen LogP contribution in [0.3, 0.4) is 0 Å². The van der Waals surface area contributed by atoms with Crippen molar-refractivity contribution in [2.45, 2.75) is 32.1 Å². The first-order valence-corrected chi connectivity index (χ1v) is 7.88. The lowest BCUT2D eigenvalue weighted by atomic mass is 10.2. The zero-order chi connectivity index (χ0) is 15.9. The van der Waals surface area contributed by atoms with Gasteiger partial charge < -0.3 is 4.74 Å². The minimum atomic E-state index is -0.375. The van der Waals surface area contributed by atoms with Gasteiger partial charge in [0.25, 0.3) is 5.91 Å². The van der Waals surface area contributed by atoms with Crippen LogP contribution in [0.5, 0.6) is 0 Å². The van der Waals surface area contributed by atoms with Gasteiger partial charge in [-0.2, -0.15) is 0 Å². The van der Waals surface area contributed by atoms with E-state index < -0.39 is 0 Å². The Kier molecular flexibility index (Phi) is 5.34. The lowest BCUT2D eigenvalue weighted by Gasteiger charge is -2.29. The highest BCUT2D eigenvalue weighted by Crippen LogP contribution is 2.18. The second kappa shape index (κ2) is 7.85. The third kappa shape index (κ3) is 4.37. The Morgan fingerprint density at radius 3 is 2.70 bits per heavy atom. The minimum absolute atomic E-state index is 0.261. The van der Waals surface area contributed by atoms with Crippen molar-refractivity contribution in [2.75, 3.05) is 6.61 Å². The maximum Gasteiger partial charge on any atom is 0.296 e. The van der Waals surface area contributed by atoms with E-state index in [0.717, 1.165) is 24.8 Å². The van der Waals surface area contributed by atoms with Crippen molar-refractivity contribution in [3.63, 3.8) is 0 Å². The SMILES string of the molecule is O=C(c1ccccn1)N(Cc1ccccc1)OC1CCCCO1. The van der Waals surface area contributed by atoms with Crippen LogP contribution in [0.2, 0.25) is 0 Å². The summed E-state index contributed by atoms with van der Waals surface area (Å²) in [5, 5.41) is 1.35. The monoisotopic (exact) mass is 312 g/mol. The molecule has 1 fully saturated rings. The largest absolute Gasteiger partial charge is 0.350 e. The van der Waals surface area contributed by atoms with Gasteiger partial charge in [-0.3, -0.25) is 9.78 Å². The van der Waals surface area contributed by atoms with E-state index in [1.165, 1.54) is 5.06 Å². The predicted molar refractivity (Wildman–Crippen MR) is 85.2 cm³/mol. The number of pyridine rings is 1. The van der Waals surface area contributed by atoms with E-state index in [1.54, 1.807) is 24.4 Å². The van der Waals surface area contributed by atoms with Crippen LogP contribution in [0.15, 0.2) is 54.7 Å². The minimum Gasteiger partial charge on any atom is -0.350 e. The molecule has 0 bridgehead atoms. The molecule has 1 amide bonds. The molecule has 1 saturated heterocycles. The van der Waals surface area contributed by atoms with Crippen LogP contribution >= 0.6 is 0 Å². The summed E-state index contributed by atoms with van der Waals surface area (Å²) in [6.45, 7) is 1.03. The van der Waals surface area contributed by atoms with E-state index in [-0.39, 0.29) is 12.2 Å². The van der Waals surface area contributed by atoms with Crippen LogP contribution < -0.4 is 0 Å². The van der Waals surface area contributed by atoms with Crippen molar-refractivity contribution in [1.29, 1.82) is 0 Å². The van der Waals surface area contributed by atoms with Crippen LogP contribution in [-0.2, 0) is 16.1 Å². The molecule has 1 aliphatic rings. The molecule has 1 aromatic heterocycles. The van der Waals surface area contributed by atoms with Gasteiger partial charge in [0, 0.05) is 19.2 Å². The summed E-state index contributed by atoms with van der Waals surface area (Å²) < 4.78 is 5.60. The number of nitrogens with zero attached hydrogens (tertiary/aromatic N) is 2. The van der Waals surface area contributed by atoms with Gasteiger partial charge >= 0.3 is 0 Å². The van der Waals surface area contributed by atoms with Gasteiger partial charge in [-0.05, 0) is 30.5 Å². The molecule has 2 heterocycles. The summed E-state index contributed by atoms with van der Waals surface area (Å²) >= 11 is 0. The quantitative estimate of drug-likeness (QED) is 0.796. The predicted octanol–water partition coefficient (Wildman–Crippen LogP) is 3.18. The lowest BCUT2D eigenvalue weighted by molar-refractivity contribution is -0.270. The van der Waals surface area contributed by atoms with Gasteiger partial charge in [0.2, 0.25) is 0 Å². The van der Waals surface area contributed by atoms with E-state index in [2.05, 4.69) is 4.98 Å². The maximum absolute atomic E-state index is 12.7. The summed E-state index contributed by atoms with van der Waals surface area (Å²) in [4.78, 5) is 22.7. The number of aromatic nitrogens is 1. The molecule has 1 atom stereocenters. The maximum atomic E-state index is 12.7. The molecule has 0 N–H and O–H groups in total.